The van der Waals surface area contributed by atoms with Crippen LogP contribution in [0.5, 0.6) is 5.75 Å². The molecule has 0 saturated carbocycles. The van der Waals surface area contributed by atoms with Crippen molar-refractivity contribution < 1.29 is 22.4 Å². The fraction of sp³-hybridized carbons (Fsp3) is 0.476. The lowest BCUT2D eigenvalue weighted by Gasteiger charge is -2.27. The summed E-state index contributed by atoms with van der Waals surface area (Å²) in [4.78, 5) is 14.4. The number of nitrogens with zero attached hydrogens (tertiary/aromatic N) is 1. The molecule has 0 radical (unpaired) electrons. The third-order valence-electron chi connectivity index (χ3n) is 5.00. The van der Waals surface area contributed by atoms with E-state index in [2.05, 4.69) is 13.8 Å². The number of rotatable bonds is 7. The summed E-state index contributed by atoms with van der Waals surface area (Å²) in [7, 11) is -3.11. The Kier molecular flexibility index (Phi) is 6.13. The molecule has 0 unspecified atom stereocenters. The predicted octanol–water partition coefficient (Wildman–Crippen LogP) is 3.31. The summed E-state index contributed by atoms with van der Waals surface area (Å²) < 4.78 is 35.1. The van der Waals surface area contributed by atoms with Gasteiger partial charge in [0.2, 0.25) is 0 Å². The molecule has 28 heavy (non-hydrogen) atoms. The van der Waals surface area contributed by atoms with Crippen molar-refractivity contribution in [2.45, 2.75) is 45.7 Å². The zero-order valence-corrected chi connectivity index (χ0v) is 17.4. The zero-order valence-electron chi connectivity index (χ0n) is 16.6. The van der Waals surface area contributed by atoms with Crippen LogP contribution in [0.15, 0.2) is 40.8 Å². The Morgan fingerprint density at radius 3 is 2.46 bits per heavy atom. The predicted molar refractivity (Wildman–Crippen MR) is 107 cm³/mol. The number of amides is 1. The van der Waals surface area contributed by atoms with E-state index in [1.54, 1.807) is 4.90 Å². The first-order chi connectivity index (χ1) is 13.2. The van der Waals surface area contributed by atoms with Crippen LogP contribution in [0.3, 0.4) is 0 Å². The highest BCUT2D eigenvalue weighted by Gasteiger charge is 2.35. The van der Waals surface area contributed by atoms with Crippen molar-refractivity contribution in [3.05, 3.63) is 53.5 Å². The Bertz CT molecular complexity index is 915. The summed E-state index contributed by atoms with van der Waals surface area (Å²) in [5.74, 6) is 2.28. The van der Waals surface area contributed by atoms with Crippen LogP contribution < -0.4 is 4.74 Å². The molecule has 1 aliphatic rings. The Morgan fingerprint density at radius 2 is 1.93 bits per heavy atom. The highest BCUT2D eigenvalue weighted by atomic mass is 32.2. The molecule has 152 valence electrons. The van der Waals surface area contributed by atoms with Gasteiger partial charge in [0.1, 0.15) is 17.3 Å². The molecule has 1 aromatic heterocycles. The van der Waals surface area contributed by atoms with Gasteiger partial charge in [-0.25, -0.2) is 8.42 Å². The first-order valence-electron chi connectivity index (χ1n) is 9.51. The molecule has 2 aromatic rings. The SMILES string of the molecule is Cc1ccc(CN(C(=O)COc2ccc(C(C)C)cc2)[C@@H]2CCS(=O)(=O)C2)o1. The monoisotopic (exact) mass is 405 g/mol. The number of aryl methyl sites for hydroxylation is 1. The maximum atomic E-state index is 12.9. The summed E-state index contributed by atoms with van der Waals surface area (Å²) in [5.41, 5.74) is 1.20. The number of furan rings is 1. The van der Waals surface area contributed by atoms with Gasteiger partial charge in [-0.05, 0) is 49.1 Å². The molecule has 6 nitrogen and oxygen atoms in total. The number of ether oxygens (including phenoxy) is 1. The van der Waals surface area contributed by atoms with E-state index in [-0.39, 0.29) is 36.6 Å². The molecule has 3 rings (SSSR count). The minimum Gasteiger partial charge on any atom is -0.484 e. The van der Waals surface area contributed by atoms with Gasteiger partial charge in [-0.2, -0.15) is 0 Å². The van der Waals surface area contributed by atoms with Crippen molar-refractivity contribution in [2.24, 2.45) is 0 Å². The van der Waals surface area contributed by atoms with E-state index >= 15 is 0 Å². The van der Waals surface area contributed by atoms with Crippen LogP contribution >= 0.6 is 0 Å². The van der Waals surface area contributed by atoms with Gasteiger partial charge in [-0.15, -0.1) is 0 Å². The molecule has 1 fully saturated rings. The topological polar surface area (TPSA) is 76.8 Å². The van der Waals surface area contributed by atoms with Gasteiger partial charge < -0.3 is 14.1 Å². The van der Waals surface area contributed by atoms with Crippen LogP contribution in [-0.2, 0) is 21.2 Å². The van der Waals surface area contributed by atoms with Crippen molar-refractivity contribution in [3.63, 3.8) is 0 Å². The third kappa shape index (κ3) is 5.16. The van der Waals surface area contributed by atoms with Crippen molar-refractivity contribution >= 4 is 15.7 Å². The smallest absolute Gasteiger partial charge is 0.261 e. The molecule has 1 saturated heterocycles. The number of sulfone groups is 1. The summed E-state index contributed by atoms with van der Waals surface area (Å²) in [6.07, 6.45) is 0.441. The molecule has 0 aliphatic carbocycles. The van der Waals surface area contributed by atoms with Gasteiger partial charge in [-0.3, -0.25) is 4.79 Å². The lowest BCUT2D eigenvalue weighted by atomic mass is 10.0. The number of carbonyl (C=O) groups is 1. The standard InChI is InChI=1S/C21H27NO5S/c1-15(2)17-5-8-19(9-6-17)26-13-21(23)22(12-20-7-4-16(3)27-20)18-10-11-28(24,25)14-18/h4-9,15,18H,10-14H2,1-3H3/t18-/m1/s1. The fourth-order valence-electron chi connectivity index (χ4n) is 3.36. The van der Waals surface area contributed by atoms with Crippen LogP contribution in [0, 0.1) is 6.92 Å². The van der Waals surface area contributed by atoms with Gasteiger partial charge in [0.05, 0.1) is 18.1 Å². The molecule has 1 aliphatic heterocycles. The number of carbonyl (C=O) groups excluding carboxylic acids is 1. The largest absolute Gasteiger partial charge is 0.484 e. The molecule has 7 heteroatoms. The van der Waals surface area contributed by atoms with Crippen molar-refractivity contribution in [2.75, 3.05) is 18.1 Å². The average Bonchev–Trinajstić information content (AvgIpc) is 3.22. The van der Waals surface area contributed by atoms with Gasteiger partial charge in [-0.1, -0.05) is 26.0 Å². The third-order valence-corrected chi connectivity index (χ3v) is 6.75. The minimum atomic E-state index is -3.11. The second-order valence-electron chi connectivity index (χ2n) is 7.60. The quantitative estimate of drug-likeness (QED) is 0.706. The van der Waals surface area contributed by atoms with Crippen molar-refractivity contribution in [1.29, 1.82) is 0 Å². The number of hydrogen-bond acceptors (Lipinski definition) is 5. The Labute approximate surface area is 166 Å². The van der Waals surface area contributed by atoms with Crippen LogP contribution in [0.1, 0.15) is 43.3 Å². The van der Waals surface area contributed by atoms with Crippen molar-refractivity contribution in [1.82, 2.24) is 4.90 Å². The van der Waals surface area contributed by atoms with E-state index in [0.29, 0.717) is 23.8 Å². The molecular formula is C21H27NO5S. The van der Waals surface area contributed by atoms with Crippen LogP contribution in [-0.4, -0.2) is 43.4 Å². The first-order valence-corrected chi connectivity index (χ1v) is 11.3. The molecule has 2 heterocycles. The maximum absolute atomic E-state index is 12.9. The second-order valence-corrected chi connectivity index (χ2v) is 9.83. The van der Waals surface area contributed by atoms with E-state index < -0.39 is 9.84 Å². The Balaban J connectivity index is 1.68. The highest BCUT2D eigenvalue weighted by Crippen LogP contribution is 2.22. The van der Waals surface area contributed by atoms with Gasteiger partial charge in [0.25, 0.3) is 5.91 Å². The second kappa shape index (κ2) is 8.39. The summed E-state index contributed by atoms with van der Waals surface area (Å²) in [6.45, 7) is 6.16. The normalized spacial score (nSPS) is 18.4. The fourth-order valence-corrected chi connectivity index (χ4v) is 5.09. The highest BCUT2D eigenvalue weighted by molar-refractivity contribution is 7.91. The number of hydrogen-bond donors (Lipinski definition) is 0. The molecule has 0 bridgehead atoms. The van der Waals surface area contributed by atoms with E-state index in [1.807, 2.05) is 43.3 Å². The molecule has 0 spiro atoms. The average molecular weight is 406 g/mol. The first kappa shape index (κ1) is 20.5. The van der Waals surface area contributed by atoms with Gasteiger partial charge >= 0.3 is 0 Å². The Hall–Kier alpha value is -2.28. The lowest BCUT2D eigenvalue weighted by Crippen LogP contribution is -2.43. The van der Waals surface area contributed by atoms with E-state index in [1.165, 1.54) is 5.56 Å². The summed E-state index contributed by atoms with van der Waals surface area (Å²) >= 11 is 0. The summed E-state index contributed by atoms with van der Waals surface area (Å²) in [6, 6.07) is 11.0. The lowest BCUT2D eigenvalue weighted by molar-refractivity contribution is -0.136. The summed E-state index contributed by atoms with van der Waals surface area (Å²) in [5, 5.41) is 0. The van der Waals surface area contributed by atoms with Crippen LogP contribution in [0.4, 0.5) is 0 Å². The molecule has 1 amide bonds. The number of benzene rings is 1. The van der Waals surface area contributed by atoms with Crippen LogP contribution in [0.2, 0.25) is 0 Å². The molecule has 1 aromatic carbocycles. The Morgan fingerprint density at radius 1 is 1.21 bits per heavy atom. The van der Waals surface area contributed by atoms with Gasteiger partial charge in [0, 0.05) is 6.04 Å². The molecule has 0 N–H and O–H groups in total. The minimum absolute atomic E-state index is 0.0124. The van der Waals surface area contributed by atoms with Crippen molar-refractivity contribution in [3.8, 4) is 5.75 Å². The van der Waals surface area contributed by atoms with E-state index in [0.717, 1.165) is 5.76 Å². The van der Waals surface area contributed by atoms with Crippen LogP contribution in [0.25, 0.3) is 0 Å². The van der Waals surface area contributed by atoms with E-state index in [9.17, 15) is 13.2 Å². The van der Waals surface area contributed by atoms with Gasteiger partial charge in [0.15, 0.2) is 16.4 Å². The maximum Gasteiger partial charge on any atom is 0.261 e. The zero-order chi connectivity index (χ0) is 20.3. The molecular weight excluding hydrogens is 378 g/mol. The molecule has 1 atom stereocenters. The van der Waals surface area contributed by atoms with E-state index in [4.69, 9.17) is 9.15 Å².